The normalized spacial score (nSPS) is 19.9. The maximum Gasteiger partial charge on any atom is 0.0700 e. The van der Waals surface area contributed by atoms with Gasteiger partial charge in [-0.1, -0.05) is 22.9 Å². The number of ether oxygens (including phenoxy) is 3. The van der Waals surface area contributed by atoms with E-state index in [2.05, 4.69) is 22.9 Å². The first kappa shape index (κ1) is 14.4. The van der Waals surface area contributed by atoms with E-state index in [4.69, 9.17) is 14.2 Å². The lowest BCUT2D eigenvalue weighted by Gasteiger charge is -2.35. The Morgan fingerprint density at radius 2 is 1.81 bits per heavy atom. The fourth-order valence-electron chi connectivity index (χ4n) is 1.77. The molecule has 0 aliphatic carbocycles. The number of rotatable bonds is 8. The molecule has 1 rings (SSSR count). The van der Waals surface area contributed by atoms with E-state index in [1.54, 1.807) is 0 Å². The maximum atomic E-state index is 5.70. The van der Waals surface area contributed by atoms with Gasteiger partial charge in [0.15, 0.2) is 0 Å². The van der Waals surface area contributed by atoms with Crippen LogP contribution in [0.1, 0.15) is 26.2 Å². The molecule has 3 nitrogen and oxygen atoms in total. The van der Waals surface area contributed by atoms with Gasteiger partial charge in [-0.15, -0.1) is 0 Å². The van der Waals surface area contributed by atoms with E-state index >= 15 is 0 Å². The molecule has 0 amide bonds. The zero-order valence-electron chi connectivity index (χ0n) is 10.2. The van der Waals surface area contributed by atoms with Gasteiger partial charge in [0, 0.05) is 30.6 Å². The van der Waals surface area contributed by atoms with Crippen LogP contribution in [0.15, 0.2) is 0 Å². The molecule has 1 heterocycles. The second-order valence-corrected chi connectivity index (χ2v) is 4.97. The average Bonchev–Trinajstić information content (AvgIpc) is 2.35. The largest absolute Gasteiger partial charge is 0.381 e. The molecule has 0 unspecified atom stereocenters. The van der Waals surface area contributed by atoms with Crippen LogP contribution in [0, 0.1) is 5.41 Å². The summed E-state index contributed by atoms with van der Waals surface area (Å²) in [6.45, 7) is 6.90. The summed E-state index contributed by atoms with van der Waals surface area (Å²) in [5.41, 5.74) is 0.281. The van der Waals surface area contributed by atoms with Gasteiger partial charge in [-0.3, -0.25) is 0 Å². The third-order valence-corrected chi connectivity index (χ3v) is 4.16. The van der Waals surface area contributed by atoms with Crippen LogP contribution in [0.3, 0.4) is 0 Å². The van der Waals surface area contributed by atoms with Gasteiger partial charge in [0.1, 0.15) is 0 Å². The SMILES string of the molecule is CCCOCCOCC1(CBr)CCOCC1. The predicted molar refractivity (Wildman–Crippen MR) is 68.2 cm³/mol. The van der Waals surface area contributed by atoms with Crippen molar-refractivity contribution in [3.8, 4) is 0 Å². The van der Waals surface area contributed by atoms with Crippen LogP contribution in [0.2, 0.25) is 0 Å². The van der Waals surface area contributed by atoms with Gasteiger partial charge in [-0.05, 0) is 19.3 Å². The molecule has 0 aromatic rings. The summed E-state index contributed by atoms with van der Waals surface area (Å²) >= 11 is 3.60. The number of halogens is 1. The minimum absolute atomic E-state index is 0.281. The van der Waals surface area contributed by atoms with Gasteiger partial charge in [-0.2, -0.15) is 0 Å². The zero-order chi connectivity index (χ0) is 11.7. The van der Waals surface area contributed by atoms with E-state index in [-0.39, 0.29) is 5.41 Å². The quantitative estimate of drug-likeness (QED) is 0.509. The fourth-order valence-corrected chi connectivity index (χ4v) is 2.50. The summed E-state index contributed by atoms with van der Waals surface area (Å²) < 4.78 is 16.5. The lowest BCUT2D eigenvalue weighted by atomic mass is 9.83. The lowest BCUT2D eigenvalue weighted by molar-refractivity contribution is -0.0388. The third kappa shape index (κ3) is 5.13. The molecule has 0 saturated carbocycles. The molecule has 4 heteroatoms. The molecule has 0 N–H and O–H groups in total. The molecule has 1 aliphatic heterocycles. The van der Waals surface area contributed by atoms with Crippen molar-refractivity contribution in [3.63, 3.8) is 0 Å². The van der Waals surface area contributed by atoms with E-state index in [1.165, 1.54) is 0 Å². The second kappa shape index (κ2) is 8.45. The molecule has 0 radical (unpaired) electrons. The van der Waals surface area contributed by atoms with Crippen molar-refractivity contribution < 1.29 is 14.2 Å². The number of alkyl halides is 1. The summed E-state index contributed by atoms with van der Waals surface area (Å²) in [6.07, 6.45) is 3.25. The molecular formula is C12H23BrO3. The van der Waals surface area contributed by atoms with E-state index in [0.29, 0.717) is 13.2 Å². The molecule has 0 bridgehead atoms. The lowest BCUT2D eigenvalue weighted by Crippen LogP contribution is -2.36. The van der Waals surface area contributed by atoms with E-state index in [0.717, 1.165) is 51.0 Å². The van der Waals surface area contributed by atoms with Gasteiger partial charge in [0.05, 0.1) is 19.8 Å². The molecule has 0 aromatic heterocycles. The van der Waals surface area contributed by atoms with E-state index < -0.39 is 0 Å². The molecule has 1 aliphatic rings. The van der Waals surface area contributed by atoms with Crippen molar-refractivity contribution in [1.29, 1.82) is 0 Å². The Morgan fingerprint density at radius 3 is 2.44 bits per heavy atom. The van der Waals surface area contributed by atoms with Gasteiger partial charge in [0.25, 0.3) is 0 Å². The molecule has 0 spiro atoms. The highest BCUT2D eigenvalue weighted by Gasteiger charge is 2.31. The van der Waals surface area contributed by atoms with Crippen molar-refractivity contribution in [2.45, 2.75) is 26.2 Å². The molecule has 0 aromatic carbocycles. The molecule has 96 valence electrons. The monoisotopic (exact) mass is 294 g/mol. The summed E-state index contributed by atoms with van der Waals surface area (Å²) in [5.74, 6) is 0. The van der Waals surface area contributed by atoms with Crippen molar-refractivity contribution in [3.05, 3.63) is 0 Å². The zero-order valence-corrected chi connectivity index (χ0v) is 11.8. The van der Waals surface area contributed by atoms with Crippen LogP contribution < -0.4 is 0 Å². The van der Waals surface area contributed by atoms with E-state index in [1.807, 2.05) is 0 Å². The van der Waals surface area contributed by atoms with E-state index in [9.17, 15) is 0 Å². The first-order chi connectivity index (χ1) is 7.83. The Morgan fingerprint density at radius 1 is 1.12 bits per heavy atom. The highest BCUT2D eigenvalue weighted by atomic mass is 79.9. The van der Waals surface area contributed by atoms with Crippen LogP contribution in [-0.4, -0.2) is 45.0 Å². The molecular weight excluding hydrogens is 272 g/mol. The van der Waals surface area contributed by atoms with Gasteiger partial charge in [-0.25, -0.2) is 0 Å². The van der Waals surface area contributed by atoms with Gasteiger partial charge in [0.2, 0.25) is 0 Å². The smallest absolute Gasteiger partial charge is 0.0700 e. The summed E-state index contributed by atoms with van der Waals surface area (Å²) in [5, 5.41) is 0.999. The predicted octanol–water partition coefficient (Wildman–Crippen LogP) is 2.62. The number of hydrogen-bond acceptors (Lipinski definition) is 3. The van der Waals surface area contributed by atoms with Crippen molar-refractivity contribution >= 4 is 15.9 Å². The van der Waals surface area contributed by atoms with Crippen LogP contribution in [-0.2, 0) is 14.2 Å². The minimum Gasteiger partial charge on any atom is -0.381 e. The molecule has 0 atom stereocenters. The molecule has 1 fully saturated rings. The topological polar surface area (TPSA) is 27.7 Å². The minimum atomic E-state index is 0.281. The second-order valence-electron chi connectivity index (χ2n) is 4.41. The molecule has 16 heavy (non-hydrogen) atoms. The van der Waals surface area contributed by atoms with Crippen molar-refractivity contribution in [2.24, 2.45) is 5.41 Å². The summed E-state index contributed by atoms with van der Waals surface area (Å²) in [7, 11) is 0. The first-order valence-electron chi connectivity index (χ1n) is 6.12. The highest BCUT2D eigenvalue weighted by Crippen LogP contribution is 2.32. The Kier molecular flexibility index (Phi) is 7.62. The third-order valence-electron chi connectivity index (χ3n) is 2.97. The van der Waals surface area contributed by atoms with Crippen molar-refractivity contribution in [2.75, 3.05) is 45.0 Å². The maximum absolute atomic E-state index is 5.70. The Labute approximate surface area is 107 Å². The van der Waals surface area contributed by atoms with Crippen LogP contribution in [0.5, 0.6) is 0 Å². The fraction of sp³-hybridized carbons (Fsp3) is 1.00. The summed E-state index contributed by atoms with van der Waals surface area (Å²) in [6, 6.07) is 0. The van der Waals surface area contributed by atoms with Gasteiger partial charge < -0.3 is 14.2 Å². The Hall–Kier alpha value is 0.360. The van der Waals surface area contributed by atoms with Gasteiger partial charge >= 0.3 is 0 Å². The van der Waals surface area contributed by atoms with Crippen LogP contribution >= 0.6 is 15.9 Å². The van der Waals surface area contributed by atoms with Crippen molar-refractivity contribution in [1.82, 2.24) is 0 Å². The Balaban J connectivity index is 2.08. The van der Waals surface area contributed by atoms with Crippen LogP contribution in [0.25, 0.3) is 0 Å². The first-order valence-corrected chi connectivity index (χ1v) is 7.24. The number of hydrogen-bond donors (Lipinski definition) is 0. The van der Waals surface area contributed by atoms with Crippen LogP contribution in [0.4, 0.5) is 0 Å². The Bertz CT molecular complexity index is 170. The summed E-state index contributed by atoms with van der Waals surface area (Å²) in [4.78, 5) is 0. The molecule has 1 saturated heterocycles. The highest BCUT2D eigenvalue weighted by molar-refractivity contribution is 9.09. The standard InChI is InChI=1S/C12H23BrO3/c1-2-5-14-8-9-16-11-12(10-13)3-6-15-7-4-12/h2-11H2,1H3. The average molecular weight is 295 g/mol.